The van der Waals surface area contributed by atoms with E-state index in [2.05, 4.69) is 22.5 Å². The van der Waals surface area contributed by atoms with Gasteiger partial charge in [0.25, 0.3) is 0 Å². The van der Waals surface area contributed by atoms with Gasteiger partial charge in [-0.15, -0.1) is 0 Å². The Morgan fingerprint density at radius 2 is 1.86 bits per heavy atom. The number of likely N-dealkylation sites (N-methyl/N-ethyl adjacent to an activating group) is 1. The molecule has 7 heteroatoms. The molecule has 0 aliphatic rings. The minimum atomic E-state index is -0.873. The number of aromatic nitrogens is 1. The molecule has 1 aromatic carbocycles. The number of carbonyl (C=O) groups excluding carboxylic acids is 1. The van der Waals surface area contributed by atoms with E-state index in [-0.39, 0.29) is 6.03 Å². The molecule has 2 amide bonds. The van der Waals surface area contributed by atoms with Crippen LogP contribution in [0.15, 0.2) is 42.5 Å². The first-order valence-electron chi connectivity index (χ1n) is 9.94. The molecule has 0 radical (unpaired) electrons. The molecule has 0 saturated carbocycles. The number of hydrogen-bond acceptors (Lipinski definition) is 4. The van der Waals surface area contributed by atoms with Gasteiger partial charge >= 0.3 is 12.0 Å². The SMILES string of the molecule is CCCCCNC(=O)N(C)c1cccc(-c2ccc(C[C@H](NC)C(=O)O)cc2)n1. The molecule has 7 nitrogen and oxygen atoms in total. The molecule has 0 aliphatic heterocycles. The Kier molecular flexibility index (Phi) is 8.61. The first-order chi connectivity index (χ1) is 14.0. The van der Waals surface area contributed by atoms with Crippen molar-refractivity contribution in [2.75, 3.05) is 25.5 Å². The smallest absolute Gasteiger partial charge is 0.322 e. The van der Waals surface area contributed by atoms with E-state index in [0.717, 1.165) is 36.1 Å². The Bertz CT molecular complexity index is 808. The van der Waals surface area contributed by atoms with Gasteiger partial charge in [-0.3, -0.25) is 9.69 Å². The van der Waals surface area contributed by atoms with E-state index in [1.165, 1.54) is 4.90 Å². The average Bonchev–Trinajstić information content (AvgIpc) is 2.74. The van der Waals surface area contributed by atoms with Crippen LogP contribution >= 0.6 is 0 Å². The van der Waals surface area contributed by atoms with Crippen LogP contribution in [0, 0.1) is 0 Å². The molecule has 0 saturated heterocycles. The molecule has 156 valence electrons. The highest BCUT2D eigenvalue weighted by Gasteiger charge is 2.16. The Balaban J connectivity index is 2.06. The van der Waals surface area contributed by atoms with Crippen molar-refractivity contribution in [2.24, 2.45) is 0 Å². The number of benzene rings is 1. The maximum Gasteiger partial charge on any atom is 0.322 e. The number of nitrogens with one attached hydrogen (secondary N) is 2. The van der Waals surface area contributed by atoms with Crippen LogP contribution in [0.5, 0.6) is 0 Å². The number of carbonyl (C=O) groups is 2. The Morgan fingerprint density at radius 1 is 1.14 bits per heavy atom. The predicted octanol–water partition coefficient (Wildman–Crippen LogP) is 3.30. The summed E-state index contributed by atoms with van der Waals surface area (Å²) < 4.78 is 0. The highest BCUT2D eigenvalue weighted by Crippen LogP contribution is 2.21. The second-order valence-corrected chi connectivity index (χ2v) is 6.96. The van der Waals surface area contributed by atoms with Crippen molar-refractivity contribution in [1.29, 1.82) is 0 Å². The lowest BCUT2D eigenvalue weighted by Gasteiger charge is -2.18. The number of carboxylic acid groups (broad SMARTS) is 1. The van der Waals surface area contributed by atoms with Gasteiger partial charge < -0.3 is 15.7 Å². The number of urea groups is 1. The van der Waals surface area contributed by atoms with Crippen LogP contribution in [0.3, 0.4) is 0 Å². The van der Waals surface area contributed by atoms with E-state index < -0.39 is 12.0 Å². The van der Waals surface area contributed by atoms with Gasteiger partial charge in [0.05, 0.1) is 5.69 Å². The molecular formula is C22H30N4O3. The number of nitrogens with zero attached hydrogens (tertiary/aromatic N) is 2. The molecule has 0 bridgehead atoms. The van der Waals surface area contributed by atoms with E-state index in [1.54, 1.807) is 20.2 Å². The van der Waals surface area contributed by atoms with Crippen molar-refractivity contribution in [2.45, 2.75) is 38.6 Å². The van der Waals surface area contributed by atoms with Crippen molar-refractivity contribution in [3.63, 3.8) is 0 Å². The van der Waals surface area contributed by atoms with Crippen molar-refractivity contribution >= 4 is 17.8 Å². The third kappa shape index (κ3) is 6.57. The second kappa shape index (κ2) is 11.2. The topological polar surface area (TPSA) is 94.6 Å². The van der Waals surface area contributed by atoms with Crippen molar-refractivity contribution in [3.05, 3.63) is 48.0 Å². The van der Waals surface area contributed by atoms with Gasteiger partial charge in [0, 0.05) is 19.2 Å². The van der Waals surface area contributed by atoms with Crippen molar-refractivity contribution in [1.82, 2.24) is 15.6 Å². The zero-order valence-corrected chi connectivity index (χ0v) is 17.3. The van der Waals surface area contributed by atoms with Gasteiger partial charge in [0.15, 0.2) is 0 Å². The lowest BCUT2D eigenvalue weighted by Crippen LogP contribution is -2.38. The van der Waals surface area contributed by atoms with E-state index in [9.17, 15) is 9.59 Å². The number of amides is 2. The third-order valence-corrected chi connectivity index (χ3v) is 4.78. The Labute approximate surface area is 172 Å². The van der Waals surface area contributed by atoms with E-state index in [4.69, 9.17) is 5.11 Å². The highest BCUT2D eigenvalue weighted by atomic mass is 16.4. The van der Waals surface area contributed by atoms with Gasteiger partial charge in [0.1, 0.15) is 11.9 Å². The van der Waals surface area contributed by atoms with Gasteiger partial charge in [-0.1, -0.05) is 50.1 Å². The van der Waals surface area contributed by atoms with Gasteiger partial charge in [-0.05, 0) is 37.6 Å². The number of hydrogen-bond donors (Lipinski definition) is 3. The number of anilines is 1. The number of aliphatic carboxylic acids is 1. The molecule has 0 spiro atoms. The number of unbranched alkanes of at least 4 members (excludes halogenated alkanes) is 2. The zero-order valence-electron chi connectivity index (χ0n) is 17.3. The molecule has 1 heterocycles. The van der Waals surface area contributed by atoms with Crippen LogP contribution in [0.2, 0.25) is 0 Å². The molecule has 1 atom stereocenters. The first-order valence-corrected chi connectivity index (χ1v) is 9.94. The van der Waals surface area contributed by atoms with E-state index in [0.29, 0.717) is 18.8 Å². The van der Waals surface area contributed by atoms with Crippen LogP contribution < -0.4 is 15.5 Å². The summed E-state index contributed by atoms with van der Waals surface area (Å²) in [5.41, 5.74) is 2.59. The lowest BCUT2D eigenvalue weighted by molar-refractivity contribution is -0.139. The first kappa shape index (κ1) is 22.4. The summed E-state index contributed by atoms with van der Waals surface area (Å²) >= 11 is 0. The molecule has 29 heavy (non-hydrogen) atoms. The average molecular weight is 399 g/mol. The molecule has 2 aromatic rings. The van der Waals surface area contributed by atoms with Crippen LogP contribution in [0.25, 0.3) is 11.3 Å². The Morgan fingerprint density at radius 3 is 2.48 bits per heavy atom. The molecule has 0 fully saturated rings. The van der Waals surface area contributed by atoms with Crippen LogP contribution in [0.4, 0.5) is 10.6 Å². The quantitative estimate of drug-likeness (QED) is 0.534. The fourth-order valence-electron chi connectivity index (χ4n) is 2.92. The summed E-state index contributed by atoms with van der Waals surface area (Å²) in [6, 6.07) is 12.4. The monoisotopic (exact) mass is 398 g/mol. The minimum absolute atomic E-state index is 0.173. The van der Waals surface area contributed by atoms with Crippen molar-refractivity contribution in [3.8, 4) is 11.3 Å². The fourth-order valence-corrected chi connectivity index (χ4v) is 2.92. The number of carboxylic acids is 1. The number of pyridine rings is 1. The van der Waals surface area contributed by atoms with E-state index in [1.807, 2.05) is 36.4 Å². The van der Waals surface area contributed by atoms with Gasteiger partial charge in [0.2, 0.25) is 0 Å². The molecule has 2 rings (SSSR count). The standard InChI is InChI=1S/C22H30N4O3/c1-4-5-6-14-24-22(29)26(3)20-9-7-8-18(25-20)17-12-10-16(11-13-17)15-19(23-2)21(27)28/h7-13,19,23H,4-6,14-15H2,1-3H3,(H,24,29)(H,27,28)/t19-/m0/s1. The third-order valence-electron chi connectivity index (χ3n) is 4.78. The summed E-state index contributed by atoms with van der Waals surface area (Å²) in [5, 5.41) is 14.9. The zero-order chi connectivity index (χ0) is 21.2. The second-order valence-electron chi connectivity index (χ2n) is 6.96. The van der Waals surface area contributed by atoms with E-state index >= 15 is 0 Å². The summed E-state index contributed by atoms with van der Waals surface area (Å²) in [7, 11) is 3.34. The van der Waals surface area contributed by atoms with Gasteiger partial charge in [-0.25, -0.2) is 9.78 Å². The normalized spacial score (nSPS) is 11.7. The van der Waals surface area contributed by atoms with Crippen LogP contribution in [-0.2, 0) is 11.2 Å². The lowest BCUT2D eigenvalue weighted by atomic mass is 10.0. The maximum atomic E-state index is 12.3. The molecule has 3 N–H and O–H groups in total. The molecule has 1 aromatic heterocycles. The van der Waals surface area contributed by atoms with Crippen LogP contribution in [0.1, 0.15) is 31.7 Å². The summed E-state index contributed by atoms with van der Waals surface area (Å²) in [5.74, 6) is -0.303. The maximum absolute atomic E-state index is 12.3. The predicted molar refractivity (Wildman–Crippen MR) is 115 cm³/mol. The summed E-state index contributed by atoms with van der Waals surface area (Å²) in [6.45, 7) is 2.78. The summed E-state index contributed by atoms with van der Waals surface area (Å²) in [4.78, 5) is 29.6. The fraction of sp³-hybridized carbons (Fsp3) is 0.409. The minimum Gasteiger partial charge on any atom is -0.480 e. The number of rotatable bonds is 10. The molecular weight excluding hydrogens is 368 g/mol. The van der Waals surface area contributed by atoms with Gasteiger partial charge in [-0.2, -0.15) is 0 Å². The Hall–Kier alpha value is -2.93. The molecule has 0 unspecified atom stereocenters. The molecule has 0 aliphatic carbocycles. The highest BCUT2D eigenvalue weighted by molar-refractivity contribution is 5.90. The van der Waals surface area contributed by atoms with Crippen molar-refractivity contribution < 1.29 is 14.7 Å². The largest absolute Gasteiger partial charge is 0.480 e. The summed E-state index contributed by atoms with van der Waals surface area (Å²) in [6.07, 6.45) is 3.57. The van der Waals surface area contributed by atoms with Crippen LogP contribution in [-0.4, -0.2) is 48.8 Å².